The van der Waals surface area contributed by atoms with E-state index in [0.717, 1.165) is 0 Å². The highest BCUT2D eigenvalue weighted by Gasteiger charge is 2.08. The van der Waals surface area contributed by atoms with Crippen molar-refractivity contribution in [2.24, 2.45) is 0 Å². The number of nitrogen functional groups attached to an aromatic ring is 1. The largest absolute Gasteiger partial charge is 0.392 e. The van der Waals surface area contributed by atoms with Crippen LogP contribution in [-0.2, 0) is 10.0 Å². The zero-order valence-electron chi connectivity index (χ0n) is 11.0. The highest BCUT2D eigenvalue weighted by Crippen LogP contribution is 2.27. The summed E-state index contributed by atoms with van der Waals surface area (Å²) in [6, 6.07) is 3.18. The molecule has 0 amide bonds. The fraction of sp³-hybridized carbons (Fsp3) is 0.167. The van der Waals surface area contributed by atoms with E-state index in [4.69, 9.17) is 18.9 Å². The zero-order chi connectivity index (χ0) is 15.9. The van der Waals surface area contributed by atoms with Crippen molar-refractivity contribution in [2.75, 3.05) is 16.2 Å². The van der Waals surface area contributed by atoms with Gasteiger partial charge >= 0.3 is 0 Å². The molecule has 21 heavy (non-hydrogen) atoms. The van der Waals surface area contributed by atoms with Gasteiger partial charge in [0.2, 0.25) is 10.0 Å². The Labute approximate surface area is 131 Å². The third-order valence-corrected chi connectivity index (χ3v) is 5.09. The molecular formula is C12H12N4O2S3. The molecule has 0 saturated carbocycles. The van der Waals surface area contributed by atoms with E-state index in [0.29, 0.717) is 21.4 Å². The first-order chi connectivity index (χ1) is 9.90. The Morgan fingerprint density at radius 2 is 1.76 bits per heavy atom. The maximum atomic E-state index is 11.1. The van der Waals surface area contributed by atoms with Crippen LogP contribution >= 0.6 is 22.7 Å². The van der Waals surface area contributed by atoms with Crippen LogP contribution in [0.5, 0.6) is 0 Å². The highest BCUT2D eigenvalue weighted by molar-refractivity contribution is 7.92. The fourth-order valence-corrected chi connectivity index (χ4v) is 3.27. The predicted molar refractivity (Wildman–Crippen MR) is 88.7 cm³/mol. The molecule has 2 heterocycles. The Hall–Kier alpha value is -2.07. The molecule has 0 saturated heterocycles. The third kappa shape index (κ3) is 5.83. The molecule has 9 heteroatoms. The van der Waals surface area contributed by atoms with Gasteiger partial charge < -0.3 is 5.73 Å². The third-order valence-electron chi connectivity index (χ3n) is 2.09. The summed E-state index contributed by atoms with van der Waals surface area (Å²) in [6.45, 7) is 14.8. The number of nitrogens with one attached hydrogen (secondary N) is 1. The molecule has 0 aromatic carbocycles. The van der Waals surface area contributed by atoms with E-state index in [1.807, 2.05) is 0 Å². The molecule has 0 aliphatic heterocycles. The summed E-state index contributed by atoms with van der Waals surface area (Å²) in [6.07, 6.45) is 0. The lowest BCUT2D eigenvalue weighted by molar-refractivity contribution is 0.602. The van der Waals surface area contributed by atoms with Gasteiger partial charge in [0.1, 0.15) is 0 Å². The van der Waals surface area contributed by atoms with Crippen molar-refractivity contribution in [1.29, 1.82) is 0 Å². The molecule has 0 atom stereocenters. The first-order valence-electron chi connectivity index (χ1n) is 5.58. The fourth-order valence-electron chi connectivity index (χ4n) is 1.06. The summed E-state index contributed by atoms with van der Waals surface area (Å²) >= 11 is 2.61. The van der Waals surface area contributed by atoms with Crippen LogP contribution in [0, 0.1) is 13.1 Å². The Bertz CT molecular complexity index is 778. The molecule has 110 valence electrons. The number of sulfonamides is 1. The summed E-state index contributed by atoms with van der Waals surface area (Å²) in [5.74, 6) is 0.0399. The molecule has 0 fully saturated rings. The van der Waals surface area contributed by atoms with Crippen LogP contribution in [0.4, 0.5) is 21.4 Å². The number of hydrogen-bond donors (Lipinski definition) is 2. The second-order valence-electron chi connectivity index (χ2n) is 3.61. The zero-order valence-corrected chi connectivity index (χ0v) is 13.5. The summed E-state index contributed by atoms with van der Waals surface area (Å²) in [5.41, 5.74) is 6.42. The van der Waals surface area contributed by atoms with Gasteiger partial charge in [-0.15, -0.1) is 22.7 Å². The van der Waals surface area contributed by atoms with Crippen molar-refractivity contribution in [3.05, 3.63) is 45.7 Å². The van der Waals surface area contributed by atoms with E-state index >= 15 is 0 Å². The lowest BCUT2D eigenvalue weighted by Crippen LogP contribution is -2.13. The smallest absolute Gasteiger partial charge is 0.233 e. The normalized spacial score (nSPS) is 9.86. The van der Waals surface area contributed by atoms with Gasteiger partial charge in [-0.05, 0) is 29.8 Å². The average molecular weight is 340 g/mol. The molecule has 0 bridgehead atoms. The molecule has 0 radical (unpaired) electrons. The Morgan fingerprint density at radius 1 is 1.19 bits per heavy atom. The number of thiophene rings is 2. The van der Waals surface area contributed by atoms with Crippen LogP contribution in [0.2, 0.25) is 0 Å². The highest BCUT2D eigenvalue weighted by atomic mass is 32.2. The molecule has 0 spiro atoms. The molecule has 2 aromatic rings. The van der Waals surface area contributed by atoms with Gasteiger partial charge in [0.15, 0.2) is 11.4 Å². The molecule has 6 nitrogen and oxygen atoms in total. The first kappa shape index (κ1) is 17.0. The molecule has 0 aliphatic carbocycles. The number of hydrogen-bond acceptors (Lipinski definition) is 5. The maximum Gasteiger partial charge on any atom is 0.233 e. The lowest BCUT2D eigenvalue weighted by atomic mass is 10.5. The van der Waals surface area contributed by atoms with Crippen LogP contribution in [-0.4, -0.2) is 14.2 Å². The van der Waals surface area contributed by atoms with E-state index in [2.05, 4.69) is 14.4 Å². The quantitative estimate of drug-likeness (QED) is 0.830. The van der Waals surface area contributed by atoms with Crippen molar-refractivity contribution < 1.29 is 8.42 Å². The number of nitrogens with zero attached hydrogens (tertiary/aromatic N) is 2. The Kier molecular flexibility index (Phi) is 6.18. The SMILES string of the molecule is [C-]#[N+]c1csc(N)c1.[C-]#[N+]c1csc(NS(=O)(=O)CC)c1. The van der Waals surface area contributed by atoms with Crippen molar-refractivity contribution in [3.63, 3.8) is 0 Å². The van der Waals surface area contributed by atoms with Crippen molar-refractivity contribution in [2.45, 2.75) is 6.92 Å². The van der Waals surface area contributed by atoms with Gasteiger partial charge in [-0.2, -0.15) is 0 Å². The van der Waals surface area contributed by atoms with Crippen molar-refractivity contribution in [1.82, 2.24) is 0 Å². The first-order valence-corrected chi connectivity index (χ1v) is 8.99. The monoisotopic (exact) mass is 340 g/mol. The van der Waals surface area contributed by atoms with Crippen LogP contribution in [0.1, 0.15) is 6.92 Å². The molecule has 2 aromatic heterocycles. The second kappa shape index (κ2) is 7.64. The standard InChI is InChI=1S/C7H8N2O2S2.C5H4N2S/c1-3-13(10,11)9-7-4-6(8-2)5-12-7;1-7-4-2-5(6)8-3-4/h4-5,9H,3H2,1H3;2-3H,6H2. The van der Waals surface area contributed by atoms with Crippen LogP contribution in [0.3, 0.4) is 0 Å². The minimum atomic E-state index is -3.21. The van der Waals surface area contributed by atoms with Gasteiger partial charge in [-0.1, -0.05) is 0 Å². The van der Waals surface area contributed by atoms with Gasteiger partial charge in [-0.25, -0.2) is 18.1 Å². The van der Waals surface area contributed by atoms with Gasteiger partial charge in [0.05, 0.1) is 28.9 Å². The van der Waals surface area contributed by atoms with Gasteiger partial charge in [0, 0.05) is 0 Å². The molecule has 2 rings (SSSR count). The summed E-state index contributed by atoms with van der Waals surface area (Å²) in [7, 11) is -3.21. The topological polar surface area (TPSA) is 80.9 Å². The lowest BCUT2D eigenvalue weighted by Gasteiger charge is -2.00. The number of rotatable bonds is 3. The summed E-state index contributed by atoms with van der Waals surface area (Å²) in [4.78, 5) is 6.34. The van der Waals surface area contributed by atoms with Crippen molar-refractivity contribution >= 4 is 54.1 Å². The van der Waals surface area contributed by atoms with Crippen LogP contribution in [0.25, 0.3) is 9.69 Å². The summed E-state index contributed by atoms with van der Waals surface area (Å²) < 4.78 is 24.5. The molecular weight excluding hydrogens is 328 g/mol. The Balaban J connectivity index is 0.000000235. The predicted octanol–water partition coefficient (Wildman–Crippen LogP) is 3.94. The van der Waals surface area contributed by atoms with Crippen LogP contribution in [0.15, 0.2) is 22.9 Å². The maximum absolute atomic E-state index is 11.1. The van der Waals surface area contributed by atoms with Crippen LogP contribution < -0.4 is 10.5 Å². The molecule has 0 unspecified atom stereocenters. The number of nitrogens with two attached hydrogens (primary N) is 1. The van der Waals surface area contributed by atoms with Gasteiger partial charge in [-0.3, -0.25) is 4.72 Å². The summed E-state index contributed by atoms with van der Waals surface area (Å²) in [5, 5.41) is 4.55. The molecule has 3 N–H and O–H groups in total. The minimum absolute atomic E-state index is 0.0399. The Morgan fingerprint density at radius 3 is 2.14 bits per heavy atom. The van der Waals surface area contributed by atoms with E-state index in [1.165, 1.54) is 28.7 Å². The van der Waals surface area contributed by atoms with E-state index in [-0.39, 0.29) is 5.75 Å². The average Bonchev–Trinajstić information content (AvgIpc) is 3.07. The second-order valence-corrected chi connectivity index (χ2v) is 7.47. The van der Waals surface area contributed by atoms with Gasteiger partial charge in [0.25, 0.3) is 0 Å². The van der Waals surface area contributed by atoms with Crippen molar-refractivity contribution in [3.8, 4) is 0 Å². The van der Waals surface area contributed by atoms with E-state index < -0.39 is 10.0 Å². The number of anilines is 2. The molecule has 0 aliphatic rings. The minimum Gasteiger partial charge on any atom is -0.392 e. The van der Waals surface area contributed by atoms with E-state index in [9.17, 15) is 8.42 Å². The van der Waals surface area contributed by atoms with E-state index in [1.54, 1.807) is 23.8 Å².